The molecule has 0 saturated carbocycles. The largest absolute Gasteiger partial charge is 0.508 e. The normalized spacial score (nSPS) is 20.1. The van der Waals surface area contributed by atoms with Crippen molar-refractivity contribution in [3.63, 3.8) is 0 Å². The van der Waals surface area contributed by atoms with E-state index in [4.69, 9.17) is 13.9 Å². The number of phenols is 8. The summed E-state index contributed by atoms with van der Waals surface area (Å²) in [4.78, 5) is 27.8. The summed E-state index contributed by atoms with van der Waals surface area (Å²) in [6, 6.07) is 8.95. The van der Waals surface area contributed by atoms with Crippen molar-refractivity contribution in [2.75, 3.05) is 0 Å². The summed E-state index contributed by atoms with van der Waals surface area (Å²) in [5, 5.41) is 92.6. The van der Waals surface area contributed by atoms with Crippen molar-refractivity contribution in [3.05, 3.63) is 81.5 Å². The lowest BCUT2D eigenvalue weighted by molar-refractivity contribution is 0.0548. The zero-order chi connectivity index (χ0) is 31.5. The highest BCUT2D eigenvalue weighted by Crippen LogP contribution is 2.70. The van der Waals surface area contributed by atoms with E-state index < -0.39 is 102 Å². The molecule has 222 valence electrons. The molecular weight excluding hydrogens is 584 g/mol. The van der Waals surface area contributed by atoms with E-state index in [2.05, 4.69) is 0 Å². The van der Waals surface area contributed by atoms with E-state index in [1.807, 2.05) is 0 Å². The van der Waals surface area contributed by atoms with Crippen LogP contribution in [0.2, 0.25) is 0 Å². The van der Waals surface area contributed by atoms with Crippen LogP contribution in [0, 0.1) is 0 Å². The standard InChI is InChI=1S/C30H18O14/c31-12-7-17(36)21-20(8-12)43-30(11-2-4-14(33)16(35)6-11)29(44-30,28(21)41)23-19(38)9-18(37)22-24(39)25(40)26(42-27(22)23)10-1-3-13(32)15(34)5-10/h1-9,31-38,40H/t29?,30-/m0/s1. The number of Topliss-reactive ketones (excluding diaryl/α,β-unsaturated/α-hetero) is 1. The van der Waals surface area contributed by atoms with Crippen LogP contribution in [0.4, 0.5) is 0 Å². The summed E-state index contributed by atoms with van der Waals surface area (Å²) in [5.41, 5.74) is -5.80. The Balaban J connectivity index is 1.60. The van der Waals surface area contributed by atoms with Crippen LogP contribution in [0.3, 0.4) is 0 Å². The summed E-state index contributed by atoms with van der Waals surface area (Å²) < 4.78 is 17.9. The molecule has 2 atom stereocenters. The maximum atomic E-state index is 14.4. The summed E-state index contributed by atoms with van der Waals surface area (Å²) in [6.07, 6.45) is 0. The van der Waals surface area contributed by atoms with Crippen molar-refractivity contribution in [2.24, 2.45) is 0 Å². The number of hydrogen-bond donors (Lipinski definition) is 9. The highest BCUT2D eigenvalue weighted by molar-refractivity contribution is 6.13. The van der Waals surface area contributed by atoms with Crippen molar-refractivity contribution >= 4 is 16.8 Å². The molecule has 0 spiro atoms. The molecule has 1 unspecified atom stereocenters. The minimum absolute atomic E-state index is 0.111. The molecule has 7 rings (SSSR count). The van der Waals surface area contributed by atoms with Crippen LogP contribution < -0.4 is 10.2 Å². The smallest absolute Gasteiger partial charge is 0.280 e. The number of carbonyl (C=O) groups is 1. The monoisotopic (exact) mass is 602 g/mol. The van der Waals surface area contributed by atoms with Crippen molar-refractivity contribution in [2.45, 2.75) is 11.4 Å². The number of carbonyl (C=O) groups excluding carboxylic acids is 1. The minimum Gasteiger partial charge on any atom is -0.508 e. The molecule has 0 amide bonds. The molecule has 2 aliphatic heterocycles. The Kier molecular flexibility index (Phi) is 5.07. The fraction of sp³-hybridized carbons (Fsp3) is 0.0667. The lowest BCUT2D eigenvalue weighted by Gasteiger charge is -2.28. The molecule has 14 heteroatoms. The number of ketones is 1. The first-order valence-corrected chi connectivity index (χ1v) is 12.6. The second kappa shape index (κ2) is 8.39. The third-order valence-electron chi connectivity index (χ3n) is 7.63. The van der Waals surface area contributed by atoms with Crippen molar-refractivity contribution in [3.8, 4) is 68.8 Å². The Morgan fingerprint density at radius 2 is 1.32 bits per heavy atom. The summed E-state index contributed by atoms with van der Waals surface area (Å²) in [5.74, 6) is -10.7. The first-order valence-electron chi connectivity index (χ1n) is 12.6. The molecule has 1 saturated heterocycles. The van der Waals surface area contributed by atoms with E-state index in [1.165, 1.54) is 12.1 Å². The third kappa shape index (κ3) is 3.22. The minimum atomic E-state index is -2.52. The van der Waals surface area contributed by atoms with Crippen molar-refractivity contribution in [1.82, 2.24) is 0 Å². The fourth-order valence-electron chi connectivity index (χ4n) is 5.61. The highest BCUT2D eigenvalue weighted by Gasteiger charge is 2.83. The van der Waals surface area contributed by atoms with E-state index in [0.717, 1.165) is 36.4 Å². The molecule has 0 aliphatic carbocycles. The predicted octanol–water partition coefficient (Wildman–Crippen LogP) is 3.16. The van der Waals surface area contributed by atoms with Crippen LogP contribution in [0.15, 0.2) is 63.8 Å². The molecule has 2 aliphatic rings. The zero-order valence-electron chi connectivity index (χ0n) is 21.8. The Morgan fingerprint density at radius 3 is 2.00 bits per heavy atom. The van der Waals surface area contributed by atoms with Crippen LogP contribution in [0.1, 0.15) is 21.5 Å². The maximum Gasteiger partial charge on any atom is 0.280 e. The highest BCUT2D eigenvalue weighted by atomic mass is 16.8. The van der Waals surface area contributed by atoms with Crippen molar-refractivity contribution < 1.29 is 64.6 Å². The SMILES string of the molecule is O=C1c2c(O)cc(O)cc2O[C@@]2(c3ccc(O)c(O)c3)OC12c1c(O)cc(O)c2c(=O)c(O)c(-c3ccc(O)c(O)c3)oc12. The molecule has 44 heavy (non-hydrogen) atoms. The molecule has 0 radical (unpaired) electrons. The number of hydrogen-bond acceptors (Lipinski definition) is 14. The third-order valence-corrected chi connectivity index (χ3v) is 7.63. The Morgan fingerprint density at radius 1 is 0.636 bits per heavy atom. The molecular formula is C30H18O14. The predicted molar refractivity (Wildman–Crippen MR) is 145 cm³/mol. The van der Waals surface area contributed by atoms with Gasteiger partial charge in [-0.25, -0.2) is 0 Å². The van der Waals surface area contributed by atoms with Gasteiger partial charge in [0.2, 0.25) is 22.6 Å². The number of phenolic OH excluding ortho intramolecular Hbond substituents is 8. The average Bonchev–Trinajstić information content (AvgIpc) is 3.63. The zero-order valence-corrected chi connectivity index (χ0v) is 21.8. The van der Waals surface area contributed by atoms with Crippen molar-refractivity contribution in [1.29, 1.82) is 0 Å². The maximum absolute atomic E-state index is 14.4. The Bertz CT molecular complexity index is 2180. The second-order valence-electron chi connectivity index (χ2n) is 10.2. The molecule has 1 fully saturated rings. The van der Waals surface area contributed by atoms with E-state index in [-0.39, 0.29) is 16.9 Å². The number of fused-ring (bicyclic) bond motifs is 3. The van der Waals surface area contributed by atoms with Crippen LogP contribution in [0.25, 0.3) is 22.3 Å². The lowest BCUT2D eigenvalue weighted by atomic mass is 9.79. The van der Waals surface area contributed by atoms with E-state index in [9.17, 15) is 55.5 Å². The van der Waals surface area contributed by atoms with Gasteiger partial charge in [0.1, 0.15) is 39.7 Å². The number of ether oxygens (including phenoxy) is 2. The van der Waals surface area contributed by atoms with E-state index in [1.54, 1.807) is 0 Å². The average molecular weight is 602 g/mol. The summed E-state index contributed by atoms with van der Waals surface area (Å²) in [6.45, 7) is 0. The topological polar surface area (TPSA) is 251 Å². The summed E-state index contributed by atoms with van der Waals surface area (Å²) in [7, 11) is 0. The van der Waals surface area contributed by atoms with Gasteiger partial charge in [-0.1, -0.05) is 0 Å². The van der Waals surface area contributed by atoms with Crippen LogP contribution in [-0.4, -0.2) is 51.7 Å². The van der Waals surface area contributed by atoms with Crippen LogP contribution >= 0.6 is 0 Å². The quantitative estimate of drug-likeness (QED) is 0.106. The van der Waals surface area contributed by atoms with Gasteiger partial charge in [0, 0.05) is 29.3 Å². The molecule has 3 heterocycles. The molecule has 1 aromatic heterocycles. The molecule has 14 nitrogen and oxygen atoms in total. The first kappa shape index (κ1) is 26.6. The number of epoxide rings is 1. The van der Waals surface area contributed by atoms with E-state index in [0.29, 0.717) is 6.07 Å². The van der Waals surface area contributed by atoms with Crippen LogP contribution in [-0.2, 0) is 16.1 Å². The summed E-state index contributed by atoms with van der Waals surface area (Å²) >= 11 is 0. The lowest BCUT2D eigenvalue weighted by Crippen LogP contribution is -2.39. The second-order valence-corrected chi connectivity index (χ2v) is 10.2. The van der Waals surface area contributed by atoms with Gasteiger partial charge >= 0.3 is 0 Å². The molecule has 4 aromatic carbocycles. The van der Waals surface area contributed by atoms with Gasteiger partial charge in [-0.05, 0) is 36.4 Å². The Hall–Kier alpha value is -6.28. The molecule has 0 bridgehead atoms. The number of rotatable bonds is 3. The fourth-order valence-corrected chi connectivity index (χ4v) is 5.61. The van der Waals surface area contributed by atoms with Gasteiger partial charge in [-0.2, -0.15) is 0 Å². The van der Waals surface area contributed by atoms with Crippen LogP contribution in [0.5, 0.6) is 57.5 Å². The molecule has 9 N–H and O–H groups in total. The number of aromatic hydroxyl groups is 9. The molecule has 5 aromatic rings. The number of benzene rings is 4. The van der Waals surface area contributed by atoms with Gasteiger partial charge in [0.05, 0.1) is 5.56 Å². The van der Waals surface area contributed by atoms with Gasteiger partial charge in [-0.3, -0.25) is 9.59 Å². The Labute approximate surface area is 243 Å². The first-order chi connectivity index (χ1) is 20.8. The van der Waals surface area contributed by atoms with Gasteiger partial charge in [-0.15, -0.1) is 0 Å². The van der Waals surface area contributed by atoms with Gasteiger partial charge < -0.3 is 59.8 Å². The van der Waals surface area contributed by atoms with Gasteiger partial charge in [0.25, 0.3) is 5.79 Å². The van der Waals surface area contributed by atoms with E-state index >= 15 is 0 Å². The van der Waals surface area contributed by atoms with Gasteiger partial charge in [0.15, 0.2) is 34.3 Å².